The highest BCUT2D eigenvalue weighted by atomic mass is 14.8. The molecule has 1 nitrogen and oxygen atoms in total. The predicted molar refractivity (Wildman–Crippen MR) is 87.6 cm³/mol. The lowest BCUT2D eigenvalue weighted by atomic mass is 9.84. The van der Waals surface area contributed by atoms with Gasteiger partial charge in [-0.15, -0.1) is 0 Å². The van der Waals surface area contributed by atoms with Gasteiger partial charge in [0.2, 0.25) is 0 Å². The normalized spacial score (nSPS) is 16.4. The molecule has 0 aromatic rings. The van der Waals surface area contributed by atoms with E-state index in [2.05, 4.69) is 55.4 Å². The number of hydrogen-bond acceptors (Lipinski definition) is 0. The van der Waals surface area contributed by atoms with Gasteiger partial charge in [0.25, 0.3) is 0 Å². The minimum atomic E-state index is 0.459. The zero-order chi connectivity index (χ0) is 15.1. The van der Waals surface area contributed by atoms with Crippen LogP contribution in [-0.2, 0) is 0 Å². The Kier molecular flexibility index (Phi) is 8.27. The summed E-state index contributed by atoms with van der Waals surface area (Å²) in [4.78, 5) is 0. The fourth-order valence-corrected chi connectivity index (χ4v) is 3.03. The molecule has 0 aliphatic heterocycles. The Labute approximate surface area is 122 Å². The van der Waals surface area contributed by atoms with Gasteiger partial charge in [0.1, 0.15) is 0 Å². The molecule has 19 heavy (non-hydrogen) atoms. The van der Waals surface area contributed by atoms with E-state index in [4.69, 9.17) is 5.32 Å². The highest BCUT2D eigenvalue weighted by molar-refractivity contribution is 4.69. The van der Waals surface area contributed by atoms with Gasteiger partial charge in [0.05, 0.1) is 0 Å². The lowest BCUT2D eigenvalue weighted by Crippen LogP contribution is -2.18. The third kappa shape index (κ3) is 14.2. The van der Waals surface area contributed by atoms with Crippen molar-refractivity contribution >= 4 is 0 Å². The van der Waals surface area contributed by atoms with Crippen LogP contribution in [0.4, 0.5) is 0 Å². The standard InChI is InChI=1S/C18H38N/c1-15(13-17(3,4)5)9-11-19-12-10-16(2)14-18(6,7)8/h15-16H,9-14H2,1-8H3. The van der Waals surface area contributed by atoms with Crippen molar-refractivity contribution in [1.82, 2.24) is 5.32 Å². The minimum absolute atomic E-state index is 0.459. The van der Waals surface area contributed by atoms with Gasteiger partial charge in [-0.25, -0.2) is 5.32 Å². The maximum atomic E-state index is 4.71. The van der Waals surface area contributed by atoms with E-state index in [9.17, 15) is 0 Å². The van der Waals surface area contributed by atoms with Gasteiger partial charge in [-0.3, -0.25) is 0 Å². The molecular formula is C18H38N. The Bertz CT molecular complexity index is 195. The molecule has 2 unspecified atom stereocenters. The third-order valence-corrected chi connectivity index (χ3v) is 3.48. The molecule has 0 amide bonds. The summed E-state index contributed by atoms with van der Waals surface area (Å²) in [5.41, 5.74) is 0.918. The van der Waals surface area contributed by atoms with Gasteiger partial charge >= 0.3 is 0 Å². The van der Waals surface area contributed by atoms with Gasteiger partial charge in [-0.05, 0) is 48.3 Å². The van der Waals surface area contributed by atoms with E-state index in [1.165, 1.54) is 25.7 Å². The van der Waals surface area contributed by atoms with E-state index in [0.29, 0.717) is 10.8 Å². The van der Waals surface area contributed by atoms with E-state index in [1.807, 2.05) is 0 Å². The molecule has 1 radical (unpaired) electrons. The molecule has 0 bridgehead atoms. The predicted octanol–water partition coefficient (Wildman–Crippen LogP) is 5.52. The Hall–Kier alpha value is -0.0400. The van der Waals surface area contributed by atoms with Gasteiger partial charge in [-0.1, -0.05) is 55.4 Å². The summed E-state index contributed by atoms with van der Waals surface area (Å²) in [5, 5.41) is 4.71. The molecule has 0 saturated heterocycles. The largest absolute Gasteiger partial charge is 0.242 e. The Morgan fingerprint density at radius 1 is 0.684 bits per heavy atom. The molecule has 0 saturated carbocycles. The first-order chi connectivity index (χ1) is 8.49. The van der Waals surface area contributed by atoms with E-state index in [0.717, 1.165) is 24.9 Å². The molecule has 2 atom stereocenters. The molecule has 0 aromatic heterocycles. The van der Waals surface area contributed by atoms with Crippen molar-refractivity contribution in [1.29, 1.82) is 0 Å². The maximum absolute atomic E-state index is 4.71. The summed E-state index contributed by atoms with van der Waals surface area (Å²) in [6, 6.07) is 0. The van der Waals surface area contributed by atoms with Gasteiger partial charge < -0.3 is 0 Å². The average Bonchev–Trinajstić information content (AvgIpc) is 2.10. The van der Waals surface area contributed by atoms with Crippen LogP contribution >= 0.6 is 0 Å². The number of nitrogens with zero attached hydrogens (tertiary/aromatic N) is 1. The number of hydrogen-bond donors (Lipinski definition) is 0. The van der Waals surface area contributed by atoms with Crippen molar-refractivity contribution < 1.29 is 0 Å². The summed E-state index contributed by atoms with van der Waals surface area (Å²) in [7, 11) is 0. The molecule has 115 valence electrons. The van der Waals surface area contributed by atoms with E-state index < -0.39 is 0 Å². The van der Waals surface area contributed by atoms with Crippen molar-refractivity contribution in [3.63, 3.8) is 0 Å². The van der Waals surface area contributed by atoms with Crippen LogP contribution in [0.1, 0.15) is 81.1 Å². The van der Waals surface area contributed by atoms with Crippen LogP contribution in [0.5, 0.6) is 0 Å². The molecule has 0 N–H and O–H groups in total. The first-order valence-corrected chi connectivity index (χ1v) is 8.13. The van der Waals surface area contributed by atoms with Gasteiger partial charge in [0.15, 0.2) is 0 Å². The molecule has 0 fully saturated rings. The maximum Gasteiger partial charge on any atom is 0.0135 e. The second-order valence-corrected chi connectivity index (χ2v) is 8.99. The Morgan fingerprint density at radius 3 is 1.26 bits per heavy atom. The van der Waals surface area contributed by atoms with Crippen LogP contribution in [0.2, 0.25) is 0 Å². The zero-order valence-corrected chi connectivity index (χ0v) is 14.8. The molecule has 0 spiro atoms. The topological polar surface area (TPSA) is 14.1 Å². The molecule has 0 heterocycles. The minimum Gasteiger partial charge on any atom is -0.242 e. The summed E-state index contributed by atoms with van der Waals surface area (Å²) in [6.07, 6.45) is 5.13. The summed E-state index contributed by atoms with van der Waals surface area (Å²) < 4.78 is 0. The molecule has 0 rings (SSSR count). The van der Waals surface area contributed by atoms with Crippen molar-refractivity contribution in [2.24, 2.45) is 22.7 Å². The van der Waals surface area contributed by atoms with Crippen LogP contribution in [-0.4, -0.2) is 13.1 Å². The third-order valence-electron chi connectivity index (χ3n) is 3.48. The van der Waals surface area contributed by atoms with Crippen LogP contribution in [0.15, 0.2) is 0 Å². The lowest BCUT2D eigenvalue weighted by molar-refractivity contribution is 0.285. The fourth-order valence-electron chi connectivity index (χ4n) is 3.03. The average molecular weight is 269 g/mol. The summed E-state index contributed by atoms with van der Waals surface area (Å²) in [5.74, 6) is 1.60. The zero-order valence-electron chi connectivity index (χ0n) is 14.8. The van der Waals surface area contributed by atoms with Crippen molar-refractivity contribution in [2.45, 2.75) is 81.1 Å². The number of rotatable bonds is 8. The fraction of sp³-hybridized carbons (Fsp3) is 1.00. The Morgan fingerprint density at radius 2 is 1.00 bits per heavy atom. The van der Waals surface area contributed by atoms with Crippen molar-refractivity contribution in [3.8, 4) is 0 Å². The van der Waals surface area contributed by atoms with Gasteiger partial charge in [0, 0.05) is 13.1 Å². The smallest absolute Gasteiger partial charge is 0.0135 e. The van der Waals surface area contributed by atoms with Gasteiger partial charge in [-0.2, -0.15) is 0 Å². The molecule has 1 heteroatoms. The lowest BCUT2D eigenvalue weighted by Gasteiger charge is -2.24. The first kappa shape index (κ1) is 19.0. The van der Waals surface area contributed by atoms with E-state index in [-0.39, 0.29) is 0 Å². The van der Waals surface area contributed by atoms with Crippen LogP contribution in [0.3, 0.4) is 0 Å². The SMILES string of the molecule is CC(CC[N]CCC(C)CC(C)(C)C)CC(C)(C)C. The van der Waals surface area contributed by atoms with E-state index in [1.54, 1.807) is 0 Å². The second-order valence-electron chi connectivity index (χ2n) is 8.99. The molecule has 0 aromatic carbocycles. The highest BCUT2D eigenvalue weighted by Crippen LogP contribution is 2.26. The van der Waals surface area contributed by atoms with E-state index >= 15 is 0 Å². The van der Waals surface area contributed by atoms with Crippen LogP contribution in [0.25, 0.3) is 0 Å². The Balaban J connectivity index is 3.55. The van der Waals surface area contributed by atoms with Crippen LogP contribution in [0, 0.1) is 22.7 Å². The molecule has 0 aliphatic rings. The first-order valence-electron chi connectivity index (χ1n) is 8.13. The monoisotopic (exact) mass is 268 g/mol. The molecular weight excluding hydrogens is 230 g/mol. The summed E-state index contributed by atoms with van der Waals surface area (Å²) in [6.45, 7) is 20.8. The summed E-state index contributed by atoms with van der Waals surface area (Å²) >= 11 is 0. The van der Waals surface area contributed by atoms with Crippen molar-refractivity contribution in [3.05, 3.63) is 0 Å². The van der Waals surface area contributed by atoms with Crippen LogP contribution < -0.4 is 5.32 Å². The second kappa shape index (κ2) is 8.29. The highest BCUT2D eigenvalue weighted by Gasteiger charge is 2.16. The quantitative estimate of drug-likeness (QED) is 0.515. The van der Waals surface area contributed by atoms with Crippen molar-refractivity contribution in [2.75, 3.05) is 13.1 Å². The molecule has 0 aliphatic carbocycles.